The Hall–Kier alpha value is -2.60. The van der Waals surface area contributed by atoms with Crippen LogP contribution in [0.1, 0.15) is 0 Å². The van der Waals surface area contributed by atoms with Crippen molar-refractivity contribution in [2.24, 2.45) is 0 Å². The highest BCUT2D eigenvalue weighted by Crippen LogP contribution is 2.40. The van der Waals surface area contributed by atoms with Crippen molar-refractivity contribution in [3.8, 4) is 22.4 Å². The summed E-state index contributed by atoms with van der Waals surface area (Å²) in [5.41, 5.74) is 8.30. The van der Waals surface area contributed by atoms with Gasteiger partial charge in [0, 0.05) is 21.7 Å². The van der Waals surface area contributed by atoms with Crippen molar-refractivity contribution in [2.75, 3.05) is 5.73 Å². The fraction of sp³-hybridized carbons (Fsp3) is 0. The van der Waals surface area contributed by atoms with E-state index in [-0.39, 0.29) is 16.5 Å². The topological polar surface area (TPSA) is 63.0 Å². The molecule has 28 heavy (non-hydrogen) atoms. The van der Waals surface area contributed by atoms with Gasteiger partial charge < -0.3 is 5.73 Å². The number of rotatable bonds is 2. The van der Waals surface area contributed by atoms with E-state index in [1.54, 1.807) is 36.4 Å². The third kappa shape index (κ3) is 3.11. The van der Waals surface area contributed by atoms with Crippen molar-refractivity contribution >= 4 is 51.5 Å². The molecule has 0 aliphatic heterocycles. The molecule has 0 fully saturated rings. The van der Waals surface area contributed by atoms with Crippen molar-refractivity contribution in [3.63, 3.8) is 0 Å². The second kappa shape index (κ2) is 7.09. The number of halogens is 4. The quantitative estimate of drug-likeness (QED) is 0.310. The molecular formula is C20H12Cl3FN3O+. The van der Waals surface area contributed by atoms with E-state index < -0.39 is 5.82 Å². The molecule has 2 aromatic carbocycles. The Balaban J connectivity index is 2.13. The zero-order valence-electron chi connectivity index (χ0n) is 14.1. The maximum absolute atomic E-state index is 13.5. The van der Waals surface area contributed by atoms with E-state index in [1.807, 2.05) is 0 Å². The Morgan fingerprint density at radius 3 is 2.32 bits per heavy atom. The van der Waals surface area contributed by atoms with Crippen molar-refractivity contribution in [2.45, 2.75) is 0 Å². The number of benzene rings is 2. The molecule has 0 saturated carbocycles. The Kier molecular flexibility index (Phi) is 4.75. The van der Waals surface area contributed by atoms with Crippen LogP contribution in [-0.4, -0.2) is 10.2 Å². The first-order valence-corrected chi connectivity index (χ1v) is 9.24. The van der Waals surface area contributed by atoms with Crippen molar-refractivity contribution in [3.05, 3.63) is 75.6 Å². The molecule has 140 valence electrons. The van der Waals surface area contributed by atoms with Crippen LogP contribution in [0.5, 0.6) is 0 Å². The van der Waals surface area contributed by atoms with Crippen LogP contribution in [0.25, 0.3) is 33.3 Å². The van der Waals surface area contributed by atoms with Gasteiger partial charge in [0.2, 0.25) is 6.20 Å². The van der Waals surface area contributed by atoms with Gasteiger partial charge in [0.15, 0.2) is 5.52 Å². The predicted octanol–water partition coefficient (Wildman–Crippen LogP) is 5.78. The Bertz CT molecular complexity index is 1230. The number of hydrogen-bond acceptors (Lipinski definition) is 3. The molecule has 0 unspecified atom stereocenters. The summed E-state index contributed by atoms with van der Waals surface area (Å²) < 4.78 is 14.4. The van der Waals surface area contributed by atoms with Crippen LogP contribution >= 0.6 is 34.8 Å². The van der Waals surface area contributed by atoms with E-state index in [9.17, 15) is 9.60 Å². The minimum absolute atomic E-state index is 0.193. The molecule has 2 aromatic heterocycles. The molecule has 0 amide bonds. The lowest BCUT2D eigenvalue weighted by Crippen LogP contribution is -2.32. The van der Waals surface area contributed by atoms with E-state index in [0.29, 0.717) is 37.6 Å². The highest BCUT2D eigenvalue weighted by Gasteiger charge is 2.26. The monoisotopic (exact) mass is 434 g/mol. The SMILES string of the molecule is Nc1cc(-c2ccc(F)cc2Cl)c2cc[n+](O)c(-c3c(Cl)cccc3Cl)c2n1. The molecule has 2 heterocycles. The van der Waals surface area contributed by atoms with E-state index in [4.69, 9.17) is 40.5 Å². The van der Waals surface area contributed by atoms with Crippen molar-refractivity contribution < 1.29 is 14.3 Å². The highest BCUT2D eigenvalue weighted by molar-refractivity contribution is 6.39. The van der Waals surface area contributed by atoms with Gasteiger partial charge in [-0.25, -0.2) is 9.37 Å². The largest absolute Gasteiger partial charge is 0.384 e. The maximum Gasteiger partial charge on any atom is 0.293 e. The summed E-state index contributed by atoms with van der Waals surface area (Å²) in [6.07, 6.45) is 1.44. The fourth-order valence-electron chi connectivity index (χ4n) is 3.14. The smallest absolute Gasteiger partial charge is 0.293 e. The summed E-state index contributed by atoms with van der Waals surface area (Å²) >= 11 is 18.9. The van der Waals surface area contributed by atoms with Gasteiger partial charge in [-0.2, -0.15) is 0 Å². The Labute approximate surface area is 174 Å². The zero-order chi connectivity index (χ0) is 20.0. The summed E-state index contributed by atoms with van der Waals surface area (Å²) in [7, 11) is 0. The summed E-state index contributed by atoms with van der Waals surface area (Å²) in [6.45, 7) is 0. The van der Waals surface area contributed by atoms with Crippen LogP contribution in [-0.2, 0) is 0 Å². The summed E-state index contributed by atoms with van der Waals surface area (Å²) in [4.78, 5) is 4.39. The number of fused-ring (bicyclic) bond motifs is 1. The molecule has 4 aromatic rings. The minimum Gasteiger partial charge on any atom is -0.384 e. The molecule has 0 aliphatic rings. The molecular weight excluding hydrogens is 424 g/mol. The van der Waals surface area contributed by atoms with Gasteiger partial charge in [0.1, 0.15) is 11.6 Å². The number of pyridine rings is 2. The normalized spacial score (nSPS) is 11.1. The Morgan fingerprint density at radius 1 is 0.929 bits per heavy atom. The molecule has 0 saturated heterocycles. The van der Waals surface area contributed by atoms with Gasteiger partial charge in [-0.15, -0.1) is 0 Å². The van der Waals surface area contributed by atoms with E-state index in [0.717, 1.165) is 4.73 Å². The van der Waals surface area contributed by atoms with Crippen LogP contribution in [0, 0.1) is 5.82 Å². The van der Waals surface area contributed by atoms with Gasteiger partial charge in [0.05, 0.1) is 20.6 Å². The summed E-state index contributed by atoms with van der Waals surface area (Å²) in [6, 6.07) is 12.4. The van der Waals surface area contributed by atoms with Crippen LogP contribution in [0.2, 0.25) is 15.1 Å². The average molecular weight is 436 g/mol. The van der Waals surface area contributed by atoms with Gasteiger partial charge in [-0.05, 0) is 42.0 Å². The summed E-state index contributed by atoms with van der Waals surface area (Å²) in [5.74, 6) is -0.254. The first-order valence-electron chi connectivity index (χ1n) is 8.11. The van der Waals surface area contributed by atoms with Gasteiger partial charge in [-0.3, -0.25) is 5.21 Å². The molecule has 4 rings (SSSR count). The summed E-state index contributed by atoms with van der Waals surface area (Å²) in [5, 5.41) is 12.0. The molecule has 3 N–H and O–H groups in total. The first kappa shape index (κ1) is 18.7. The highest BCUT2D eigenvalue weighted by atomic mass is 35.5. The predicted molar refractivity (Wildman–Crippen MR) is 109 cm³/mol. The lowest BCUT2D eigenvalue weighted by molar-refractivity contribution is -0.895. The maximum atomic E-state index is 13.5. The lowest BCUT2D eigenvalue weighted by Gasteiger charge is -2.11. The van der Waals surface area contributed by atoms with E-state index >= 15 is 0 Å². The molecule has 0 atom stereocenters. The minimum atomic E-state index is -0.447. The number of aromatic nitrogens is 2. The first-order chi connectivity index (χ1) is 13.4. The Morgan fingerprint density at radius 2 is 1.64 bits per heavy atom. The number of nitrogens with zero attached hydrogens (tertiary/aromatic N) is 2. The molecule has 8 heteroatoms. The van der Waals surface area contributed by atoms with Crippen LogP contribution in [0.15, 0.2) is 54.7 Å². The average Bonchev–Trinajstić information content (AvgIpc) is 2.62. The van der Waals surface area contributed by atoms with Gasteiger partial charge in [0.25, 0.3) is 5.69 Å². The third-order valence-corrected chi connectivity index (χ3v) is 5.28. The fourth-order valence-corrected chi connectivity index (χ4v) is 3.99. The zero-order valence-corrected chi connectivity index (χ0v) is 16.4. The molecule has 0 aliphatic carbocycles. The third-order valence-electron chi connectivity index (χ3n) is 4.34. The molecule has 0 radical (unpaired) electrons. The van der Waals surface area contributed by atoms with Crippen molar-refractivity contribution in [1.29, 1.82) is 0 Å². The number of hydrogen-bond donors (Lipinski definition) is 2. The number of nitrogen functional groups attached to an aromatic ring is 1. The van der Waals surface area contributed by atoms with Crippen LogP contribution in [0.4, 0.5) is 10.2 Å². The van der Waals surface area contributed by atoms with Crippen molar-refractivity contribution in [1.82, 2.24) is 4.98 Å². The second-order valence-electron chi connectivity index (χ2n) is 6.09. The molecule has 4 nitrogen and oxygen atoms in total. The standard InChI is InChI=1S/C20H12Cl3FN3O/c21-14-2-1-3-15(22)18(14)20-19-12(6-7-27(20)28)13(9-17(25)26-19)11-5-4-10(24)8-16(11)23/h1-9,28H,(H2,25,26)/q+1. The van der Waals surface area contributed by atoms with E-state index in [1.165, 1.54) is 18.3 Å². The number of nitrogens with two attached hydrogens (primary N) is 1. The molecule has 0 spiro atoms. The van der Waals surface area contributed by atoms with E-state index in [2.05, 4.69) is 4.98 Å². The molecule has 0 bridgehead atoms. The second-order valence-corrected chi connectivity index (χ2v) is 7.31. The lowest BCUT2D eigenvalue weighted by atomic mass is 9.99. The van der Waals surface area contributed by atoms with Crippen LogP contribution in [0.3, 0.4) is 0 Å². The van der Waals surface area contributed by atoms with Crippen LogP contribution < -0.4 is 10.5 Å². The number of anilines is 1. The van der Waals surface area contributed by atoms with Gasteiger partial charge in [-0.1, -0.05) is 40.9 Å². The van der Waals surface area contributed by atoms with Gasteiger partial charge >= 0.3 is 0 Å².